The third-order valence-electron chi connectivity index (χ3n) is 1.49. The van der Waals surface area contributed by atoms with Gasteiger partial charge in [-0.3, -0.25) is 0 Å². The molecule has 72 valence electrons. The van der Waals surface area contributed by atoms with E-state index < -0.39 is 11.6 Å². The highest BCUT2D eigenvalue weighted by atomic mass is 19.2. The second-order valence-electron chi connectivity index (χ2n) is 3.26. The summed E-state index contributed by atoms with van der Waals surface area (Å²) in [5.41, 5.74) is 0. The fourth-order valence-corrected chi connectivity index (χ4v) is 0.852. The zero-order valence-electron chi connectivity index (χ0n) is 7.68. The first-order valence-corrected chi connectivity index (χ1v) is 4.18. The van der Waals surface area contributed by atoms with Gasteiger partial charge in [0.2, 0.25) is 5.82 Å². The lowest BCUT2D eigenvalue weighted by Gasteiger charge is -2.09. The van der Waals surface area contributed by atoms with Crippen molar-refractivity contribution in [2.45, 2.75) is 13.8 Å². The molecular weight excluding hydrogens is 174 g/mol. The molecule has 1 aromatic carbocycles. The van der Waals surface area contributed by atoms with E-state index in [-0.39, 0.29) is 5.75 Å². The van der Waals surface area contributed by atoms with Crippen LogP contribution in [0.4, 0.5) is 8.78 Å². The highest BCUT2D eigenvalue weighted by molar-refractivity contribution is 5.24. The Hall–Kier alpha value is -1.12. The number of benzene rings is 1. The van der Waals surface area contributed by atoms with Crippen LogP contribution in [0.5, 0.6) is 5.75 Å². The van der Waals surface area contributed by atoms with E-state index in [2.05, 4.69) is 0 Å². The Morgan fingerprint density at radius 3 is 2.62 bits per heavy atom. The van der Waals surface area contributed by atoms with Gasteiger partial charge in [-0.15, -0.1) is 0 Å². The molecular formula is C10H12F2O. The van der Waals surface area contributed by atoms with E-state index in [0.717, 1.165) is 6.07 Å². The Balaban J connectivity index is 2.71. The third-order valence-corrected chi connectivity index (χ3v) is 1.49. The SMILES string of the molecule is CC(C)COc1cccc(F)c1F. The summed E-state index contributed by atoms with van der Waals surface area (Å²) in [6.45, 7) is 4.27. The van der Waals surface area contributed by atoms with Crippen LogP contribution in [0.2, 0.25) is 0 Å². The minimum atomic E-state index is -0.914. The molecule has 0 heterocycles. The molecule has 1 nitrogen and oxygen atoms in total. The van der Waals surface area contributed by atoms with Gasteiger partial charge in [-0.25, -0.2) is 4.39 Å². The first-order chi connectivity index (χ1) is 6.11. The predicted molar refractivity (Wildman–Crippen MR) is 46.7 cm³/mol. The lowest BCUT2D eigenvalue weighted by molar-refractivity contribution is 0.255. The van der Waals surface area contributed by atoms with E-state index in [1.54, 1.807) is 0 Å². The van der Waals surface area contributed by atoms with Gasteiger partial charge in [0, 0.05) is 0 Å². The molecule has 0 bridgehead atoms. The van der Waals surface area contributed by atoms with E-state index in [4.69, 9.17) is 4.74 Å². The van der Waals surface area contributed by atoms with E-state index in [0.29, 0.717) is 12.5 Å². The summed E-state index contributed by atoms with van der Waals surface area (Å²) in [5.74, 6) is -1.51. The fourth-order valence-electron chi connectivity index (χ4n) is 0.852. The summed E-state index contributed by atoms with van der Waals surface area (Å²) in [4.78, 5) is 0. The van der Waals surface area contributed by atoms with Crippen LogP contribution in [0.15, 0.2) is 18.2 Å². The topological polar surface area (TPSA) is 9.23 Å². The molecule has 0 N–H and O–H groups in total. The number of rotatable bonds is 3. The van der Waals surface area contributed by atoms with Gasteiger partial charge in [0.25, 0.3) is 0 Å². The van der Waals surface area contributed by atoms with Crippen molar-refractivity contribution in [2.75, 3.05) is 6.61 Å². The highest BCUT2D eigenvalue weighted by Crippen LogP contribution is 2.19. The van der Waals surface area contributed by atoms with Gasteiger partial charge < -0.3 is 4.74 Å². The van der Waals surface area contributed by atoms with Gasteiger partial charge in [-0.05, 0) is 18.1 Å². The Bertz CT molecular complexity index is 284. The molecule has 3 heteroatoms. The van der Waals surface area contributed by atoms with Gasteiger partial charge >= 0.3 is 0 Å². The van der Waals surface area contributed by atoms with Crippen LogP contribution in [0, 0.1) is 17.6 Å². The summed E-state index contributed by atoms with van der Waals surface area (Å²) in [7, 11) is 0. The largest absolute Gasteiger partial charge is 0.490 e. The van der Waals surface area contributed by atoms with Crippen molar-refractivity contribution < 1.29 is 13.5 Å². The van der Waals surface area contributed by atoms with Crippen molar-refractivity contribution >= 4 is 0 Å². The molecule has 0 unspecified atom stereocenters. The second kappa shape index (κ2) is 4.21. The normalized spacial score (nSPS) is 10.5. The van der Waals surface area contributed by atoms with Gasteiger partial charge in [0.1, 0.15) is 0 Å². The van der Waals surface area contributed by atoms with Crippen LogP contribution >= 0.6 is 0 Å². The zero-order chi connectivity index (χ0) is 9.84. The van der Waals surface area contributed by atoms with Crippen molar-refractivity contribution in [3.63, 3.8) is 0 Å². The summed E-state index contributed by atoms with van der Waals surface area (Å²) in [6.07, 6.45) is 0. The van der Waals surface area contributed by atoms with Crippen LogP contribution in [0.3, 0.4) is 0 Å². The van der Waals surface area contributed by atoms with Crippen LogP contribution in [-0.4, -0.2) is 6.61 Å². The van der Waals surface area contributed by atoms with Gasteiger partial charge in [0.05, 0.1) is 6.61 Å². The number of hydrogen-bond acceptors (Lipinski definition) is 1. The zero-order valence-corrected chi connectivity index (χ0v) is 7.68. The molecule has 0 radical (unpaired) electrons. The lowest BCUT2D eigenvalue weighted by Crippen LogP contribution is -2.06. The molecule has 0 spiro atoms. The molecule has 0 amide bonds. The molecule has 13 heavy (non-hydrogen) atoms. The Labute approximate surface area is 76.3 Å². The maximum atomic E-state index is 13.0. The predicted octanol–water partition coefficient (Wildman–Crippen LogP) is 3.00. The molecule has 0 aliphatic carbocycles. The number of hydrogen-bond donors (Lipinski definition) is 0. The molecule has 0 atom stereocenters. The van der Waals surface area contributed by atoms with Crippen molar-refractivity contribution in [2.24, 2.45) is 5.92 Å². The van der Waals surface area contributed by atoms with Crippen molar-refractivity contribution in [1.29, 1.82) is 0 Å². The van der Waals surface area contributed by atoms with E-state index in [9.17, 15) is 8.78 Å². The quantitative estimate of drug-likeness (QED) is 0.705. The summed E-state index contributed by atoms with van der Waals surface area (Å²) >= 11 is 0. The molecule has 0 aromatic heterocycles. The highest BCUT2D eigenvalue weighted by Gasteiger charge is 2.08. The van der Waals surface area contributed by atoms with Gasteiger partial charge in [0.15, 0.2) is 11.6 Å². The van der Waals surface area contributed by atoms with E-state index in [1.165, 1.54) is 12.1 Å². The molecule has 0 aliphatic heterocycles. The van der Waals surface area contributed by atoms with Crippen molar-refractivity contribution in [1.82, 2.24) is 0 Å². The molecule has 0 aliphatic rings. The Morgan fingerprint density at radius 1 is 1.31 bits per heavy atom. The minimum absolute atomic E-state index is 0.0197. The summed E-state index contributed by atoms with van der Waals surface area (Å²) in [6, 6.07) is 3.91. The first kappa shape index (κ1) is 9.96. The number of ether oxygens (including phenoxy) is 1. The average molecular weight is 186 g/mol. The Morgan fingerprint density at radius 2 is 2.00 bits per heavy atom. The van der Waals surface area contributed by atoms with Crippen LogP contribution in [0.1, 0.15) is 13.8 Å². The number of halogens is 2. The average Bonchev–Trinajstić information content (AvgIpc) is 2.07. The third kappa shape index (κ3) is 2.68. The van der Waals surface area contributed by atoms with Gasteiger partial charge in [-0.1, -0.05) is 19.9 Å². The first-order valence-electron chi connectivity index (χ1n) is 4.18. The van der Waals surface area contributed by atoms with E-state index >= 15 is 0 Å². The van der Waals surface area contributed by atoms with Crippen LogP contribution in [-0.2, 0) is 0 Å². The van der Waals surface area contributed by atoms with Crippen molar-refractivity contribution in [3.05, 3.63) is 29.8 Å². The minimum Gasteiger partial charge on any atom is -0.490 e. The van der Waals surface area contributed by atoms with Crippen molar-refractivity contribution in [3.8, 4) is 5.75 Å². The smallest absolute Gasteiger partial charge is 0.200 e. The van der Waals surface area contributed by atoms with Crippen LogP contribution in [0.25, 0.3) is 0 Å². The molecule has 0 fully saturated rings. The summed E-state index contributed by atoms with van der Waals surface area (Å²) in [5, 5.41) is 0. The Kier molecular flexibility index (Phi) is 3.23. The molecule has 0 saturated heterocycles. The molecule has 1 rings (SSSR count). The molecule has 0 saturated carbocycles. The maximum absolute atomic E-state index is 13.0. The molecule has 1 aromatic rings. The van der Waals surface area contributed by atoms with E-state index in [1.807, 2.05) is 13.8 Å². The summed E-state index contributed by atoms with van der Waals surface area (Å²) < 4.78 is 30.7. The van der Waals surface area contributed by atoms with Gasteiger partial charge in [-0.2, -0.15) is 4.39 Å². The van der Waals surface area contributed by atoms with Crippen LogP contribution < -0.4 is 4.74 Å². The second-order valence-corrected chi connectivity index (χ2v) is 3.26. The maximum Gasteiger partial charge on any atom is 0.200 e. The lowest BCUT2D eigenvalue weighted by atomic mass is 10.2. The fraction of sp³-hybridized carbons (Fsp3) is 0.400. The standard InChI is InChI=1S/C10H12F2O/c1-7(2)6-13-9-5-3-4-8(11)10(9)12/h3-5,7H,6H2,1-2H3. The monoisotopic (exact) mass is 186 g/mol.